The Balaban J connectivity index is 2.09. The van der Waals surface area contributed by atoms with Gasteiger partial charge in [0, 0.05) is 12.7 Å². The van der Waals surface area contributed by atoms with Crippen molar-refractivity contribution in [3.05, 3.63) is 44.8 Å². The van der Waals surface area contributed by atoms with Crippen molar-refractivity contribution in [1.82, 2.24) is 9.71 Å². The molecule has 1 unspecified atom stereocenters. The van der Waals surface area contributed by atoms with Gasteiger partial charge in [0.2, 0.25) is 10.0 Å². The molecule has 0 aliphatic carbocycles. The molecule has 2 aromatic heterocycles. The van der Waals surface area contributed by atoms with E-state index in [4.69, 9.17) is 23.2 Å². The lowest BCUT2D eigenvalue weighted by atomic mass is 10.2. The van der Waals surface area contributed by atoms with Gasteiger partial charge in [-0.3, -0.25) is 0 Å². The molecule has 20 heavy (non-hydrogen) atoms. The van der Waals surface area contributed by atoms with E-state index in [0.717, 1.165) is 6.20 Å². The predicted molar refractivity (Wildman–Crippen MR) is 78.7 cm³/mol. The van der Waals surface area contributed by atoms with Gasteiger partial charge in [-0.05, 0) is 28.5 Å². The van der Waals surface area contributed by atoms with Crippen LogP contribution in [0.15, 0.2) is 34.0 Å². The van der Waals surface area contributed by atoms with Gasteiger partial charge in [-0.15, -0.1) is 0 Å². The van der Waals surface area contributed by atoms with Crippen molar-refractivity contribution in [3.63, 3.8) is 0 Å². The first-order valence-corrected chi connectivity index (χ1v) is 8.59. The summed E-state index contributed by atoms with van der Waals surface area (Å²) < 4.78 is 26.3. The van der Waals surface area contributed by atoms with Gasteiger partial charge in [0.1, 0.15) is 10.0 Å². The Morgan fingerprint density at radius 3 is 2.80 bits per heavy atom. The maximum atomic E-state index is 12.0. The number of nitrogens with zero attached hydrogens (tertiary/aromatic N) is 1. The third-order valence-corrected chi connectivity index (χ3v) is 5.25. The number of aliphatic hydroxyl groups is 1. The van der Waals surface area contributed by atoms with Crippen LogP contribution in [0.2, 0.25) is 10.2 Å². The minimum atomic E-state index is -3.80. The van der Waals surface area contributed by atoms with E-state index in [1.807, 2.05) is 0 Å². The molecule has 0 aliphatic heterocycles. The Bertz CT molecular complexity index is 690. The molecule has 2 aromatic rings. The second-order valence-corrected chi connectivity index (χ2v) is 7.18. The highest BCUT2D eigenvalue weighted by Crippen LogP contribution is 2.22. The van der Waals surface area contributed by atoms with E-state index in [2.05, 4.69) is 9.71 Å². The lowest BCUT2D eigenvalue weighted by Gasteiger charge is -2.11. The first-order chi connectivity index (χ1) is 9.40. The van der Waals surface area contributed by atoms with Gasteiger partial charge in [0.05, 0.1) is 11.1 Å². The Morgan fingerprint density at radius 2 is 2.20 bits per heavy atom. The first kappa shape index (κ1) is 15.7. The van der Waals surface area contributed by atoms with E-state index in [1.54, 1.807) is 16.8 Å². The van der Waals surface area contributed by atoms with Crippen molar-refractivity contribution in [2.45, 2.75) is 11.0 Å². The average molecular weight is 353 g/mol. The summed E-state index contributed by atoms with van der Waals surface area (Å²) in [7, 11) is -3.80. The van der Waals surface area contributed by atoms with Gasteiger partial charge in [-0.25, -0.2) is 18.1 Å². The number of sulfonamides is 1. The number of pyridine rings is 1. The minimum Gasteiger partial charge on any atom is -0.387 e. The van der Waals surface area contributed by atoms with E-state index >= 15 is 0 Å². The maximum Gasteiger partial charge on any atom is 0.242 e. The lowest BCUT2D eigenvalue weighted by molar-refractivity contribution is 0.182. The van der Waals surface area contributed by atoms with Crippen LogP contribution in [0.3, 0.4) is 0 Å². The summed E-state index contributed by atoms with van der Waals surface area (Å²) >= 11 is 12.8. The summed E-state index contributed by atoms with van der Waals surface area (Å²) in [6.07, 6.45) is 0.194. The normalized spacial score (nSPS) is 13.3. The van der Waals surface area contributed by atoms with Crippen LogP contribution in [0.5, 0.6) is 0 Å². The predicted octanol–water partition coefficient (Wildman–Crippen LogP) is 2.46. The highest BCUT2D eigenvalue weighted by molar-refractivity contribution is 7.89. The number of aromatic nitrogens is 1. The van der Waals surface area contributed by atoms with Crippen molar-refractivity contribution in [2.75, 3.05) is 6.54 Å². The zero-order valence-corrected chi connectivity index (χ0v) is 13.1. The Hall–Kier alpha value is -0.700. The number of hydrogen-bond acceptors (Lipinski definition) is 5. The highest BCUT2D eigenvalue weighted by Gasteiger charge is 2.18. The Morgan fingerprint density at radius 1 is 1.45 bits per heavy atom. The highest BCUT2D eigenvalue weighted by atomic mass is 35.5. The van der Waals surface area contributed by atoms with Gasteiger partial charge in [-0.2, -0.15) is 11.3 Å². The quantitative estimate of drug-likeness (QED) is 0.810. The van der Waals surface area contributed by atoms with Crippen molar-refractivity contribution in [2.24, 2.45) is 0 Å². The molecular formula is C11H10Cl2N2O3S2. The van der Waals surface area contributed by atoms with E-state index < -0.39 is 16.1 Å². The molecule has 0 saturated carbocycles. The lowest BCUT2D eigenvalue weighted by Crippen LogP contribution is -2.28. The summed E-state index contributed by atoms with van der Waals surface area (Å²) in [6, 6.07) is 2.93. The monoisotopic (exact) mass is 352 g/mol. The number of halogens is 2. The standard InChI is InChI=1S/C11H10Cl2N2O3S2/c12-9-3-8(4-14-11(9)13)20(17,18)15-5-10(16)7-1-2-19-6-7/h1-4,6,10,15-16H,5H2. The van der Waals surface area contributed by atoms with Crippen LogP contribution in [0.1, 0.15) is 11.7 Å². The van der Waals surface area contributed by atoms with Crippen LogP contribution in [0.25, 0.3) is 0 Å². The van der Waals surface area contributed by atoms with Crippen LogP contribution in [-0.4, -0.2) is 25.1 Å². The van der Waals surface area contributed by atoms with Gasteiger partial charge >= 0.3 is 0 Å². The van der Waals surface area contributed by atoms with Crippen molar-refractivity contribution in [1.29, 1.82) is 0 Å². The zero-order valence-electron chi connectivity index (χ0n) is 9.95. The van der Waals surface area contributed by atoms with Gasteiger partial charge in [0.15, 0.2) is 0 Å². The molecule has 0 aliphatic rings. The fraction of sp³-hybridized carbons (Fsp3) is 0.182. The fourth-order valence-electron chi connectivity index (χ4n) is 1.41. The van der Waals surface area contributed by atoms with E-state index in [1.165, 1.54) is 17.4 Å². The average Bonchev–Trinajstić information content (AvgIpc) is 2.93. The topological polar surface area (TPSA) is 79.3 Å². The second kappa shape index (κ2) is 6.38. The molecular weight excluding hydrogens is 343 g/mol. The number of aliphatic hydroxyl groups excluding tert-OH is 1. The van der Waals surface area contributed by atoms with Gasteiger partial charge in [-0.1, -0.05) is 23.2 Å². The zero-order chi connectivity index (χ0) is 14.8. The van der Waals surface area contributed by atoms with Gasteiger partial charge < -0.3 is 5.11 Å². The molecule has 2 N–H and O–H groups in total. The summed E-state index contributed by atoms with van der Waals surface area (Å²) in [5.41, 5.74) is 0.657. The van der Waals surface area contributed by atoms with E-state index in [0.29, 0.717) is 5.56 Å². The molecule has 0 saturated heterocycles. The molecule has 2 rings (SSSR count). The molecule has 0 fully saturated rings. The third kappa shape index (κ3) is 3.69. The van der Waals surface area contributed by atoms with E-state index in [-0.39, 0.29) is 21.6 Å². The Kier molecular flexibility index (Phi) is 5.00. The van der Waals surface area contributed by atoms with Crippen LogP contribution in [0, 0.1) is 0 Å². The number of rotatable bonds is 5. The summed E-state index contributed by atoms with van der Waals surface area (Å²) in [5.74, 6) is 0. The number of thiophene rings is 1. The summed E-state index contributed by atoms with van der Waals surface area (Å²) in [4.78, 5) is 3.57. The first-order valence-electron chi connectivity index (χ1n) is 5.41. The van der Waals surface area contributed by atoms with Crippen molar-refractivity contribution in [3.8, 4) is 0 Å². The van der Waals surface area contributed by atoms with Crippen LogP contribution < -0.4 is 4.72 Å². The number of nitrogens with one attached hydrogen (secondary N) is 1. The minimum absolute atomic E-state index is 0.0314. The molecule has 0 spiro atoms. The van der Waals surface area contributed by atoms with E-state index in [9.17, 15) is 13.5 Å². The SMILES string of the molecule is O=S(=O)(NCC(O)c1ccsc1)c1cnc(Cl)c(Cl)c1. The molecule has 0 bridgehead atoms. The van der Waals surface area contributed by atoms with Crippen LogP contribution in [0.4, 0.5) is 0 Å². The molecule has 0 amide bonds. The second-order valence-electron chi connectivity index (χ2n) is 3.87. The molecule has 2 heterocycles. The third-order valence-electron chi connectivity index (χ3n) is 2.48. The molecule has 1 atom stereocenters. The smallest absolute Gasteiger partial charge is 0.242 e. The van der Waals surface area contributed by atoms with Crippen molar-refractivity contribution < 1.29 is 13.5 Å². The fourth-order valence-corrected chi connectivity index (χ4v) is 3.45. The van der Waals surface area contributed by atoms with Crippen LogP contribution >= 0.6 is 34.5 Å². The summed E-state index contributed by atoms with van der Waals surface area (Å²) in [5, 5.41) is 13.5. The molecule has 0 aromatic carbocycles. The largest absolute Gasteiger partial charge is 0.387 e. The summed E-state index contributed by atoms with van der Waals surface area (Å²) in [6.45, 7) is -0.140. The van der Waals surface area contributed by atoms with Crippen molar-refractivity contribution >= 4 is 44.6 Å². The molecule has 108 valence electrons. The molecule has 0 radical (unpaired) electrons. The van der Waals surface area contributed by atoms with Gasteiger partial charge in [0.25, 0.3) is 0 Å². The molecule has 9 heteroatoms. The molecule has 5 nitrogen and oxygen atoms in total. The maximum absolute atomic E-state index is 12.0. The Labute approximate surface area is 130 Å². The number of hydrogen-bond donors (Lipinski definition) is 2. The van der Waals surface area contributed by atoms with Crippen LogP contribution in [-0.2, 0) is 10.0 Å².